The molecule has 18 heavy (non-hydrogen) atoms. The lowest BCUT2D eigenvalue weighted by Gasteiger charge is -2.14. The van der Waals surface area contributed by atoms with Crippen molar-refractivity contribution in [2.24, 2.45) is 0 Å². The van der Waals surface area contributed by atoms with E-state index >= 15 is 0 Å². The lowest BCUT2D eigenvalue weighted by atomic mass is 10.2. The molecule has 0 aliphatic heterocycles. The highest BCUT2D eigenvalue weighted by atomic mass is 32.1. The fourth-order valence-electron chi connectivity index (χ4n) is 1.96. The summed E-state index contributed by atoms with van der Waals surface area (Å²) in [5.41, 5.74) is 4.24. The Kier molecular flexibility index (Phi) is 4.49. The average Bonchev–Trinajstić information content (AvgIpc) is 2.89. The molecule has 98 valence electrons. The third-order valence-corrected chi connectivity index (χ3v) is 3.96. The van der Waals surface area contributed by atoms with E-state index in [1.807, 2.05) is 18.6 Å². The maximum Gasteiger partial charge on any atom is 0.120 e. The van der Waals surface area contributed by atoms with Gasteiger partial charge >= 0.3 is 0 Å². The number of thiazole rings is 1. The summed E-state index contributed by atoms with van der Waals surface area (Å²) in [4.78, 5) is 15.6. The molecule has 0 bridgehead atoms. The van der Waals surface area contributed by atoms with Gasteiger partial charge in [-0.3, -0.25) is 4.90 Å². The van der Waals surface area contributed by atoms with Crippen molar-refractivity contribution in [1.82, 2.24) is 19.9 Å². The molecule has 0 spiro atoms. The predicted octanol–water partition coefficient (Wildman–Crippen LogP) is 2.55. The van der Waals surface area contributed by atoms with Crippen LogP contribution in [-0.4, -0.2) is 33.4 Å². The summed E-state index contributed by atoms with van der Waals surface area (Å²) < 4.78 is 0. The third-order valence-electron chi connectivity index (χ3n) is 2.96. The van der Waals surface area contributed by atoms with Crippen molar-refractivity contribution in [2.45, 2.75) is 33.2 Å². The summed E-state index contributed by atoms with van der Waals surface area (Å²) in [5.74, 6) is 1.05. The van der Waals surface area contributed by atoms with Crippen molar-refractivity contribution >= 4 is 11.3 Å². The minimum absolute atomic E-state index is 0.884. The number of hydrogen-bond donors (Lipinski definition) is 1. The van der Waals surface area contributed by atoms with Crippen LogP contribution in [0.25, 0.3) is 0 Å². The number of nitrogens with one attached hydrogen (secondary N) is 1. The Morgan fingerprint density at radius 1 is 1.33 bits per heavy atom. The van der Waals surface area contributed by atoms with Gasteiger partial charge in [0.25, 0.3) is 0 Å². The molecule has 0 aliphatic rings. The second kappa shape index (κ2) is 6.11. The molecule has 2 aromatic heterocycles. The smallest absolute Gasteiger partial charge is 0.120 e. The van der Waals surface area contributed by atoms with Gasteiger partial charge in [0.15, 0.2) is 0 Å². The molecule has 1 N–H and O–H groups in total. The van der Waals surface area contributed by atoms with Crippen LogP contribution in [0.1, 0.15) is 28.5 Å². The number of H-pyrrole nitrogens is 1. The van der Waals surface area contributed by atoms with Crippen molar-refractivity contribution in [3.63, 3.8) is 0 Å². The van der Waals surface area contributed by atoms with E-state index in [0.717, 1.165) is 31.0 Å². The zero-order valence-corrected chi connectivity index (χ0v) is 12.0. The first-order valence-electron chi connectivity index (χ1n) is 6.23. The molecule has 0 unspecified atom stereocenters. The molecule has 2 aromatic rings. The fraction of sp³-hybridized carbons (Fsp3) is 0.538. The first kappa shape index (κ1) is 13.2. The van der Waals surface area contributed by atoms with Crippen molar-refractivity contribution in [1.29, 1.82) is 0 Å². The normalized spacial score (nSPS) is 11.3. The summed E-state index contributed by atoms with van der Waals surface area (Å²) >= 11 is 1.76. The van der Waals surface area contributed by atoms with Gasteiger partial charge in [0.2, 0.25) is 0 Å². The minimum atomic E-state index is 0.884. The van der Waals surface area contributed by atoms with Gasteiger partial charge in [0.1, 0.15) is 5.82 Å². The molecule has 4 nitrogen and oxygen atoms in total. The van der Waals surface area contributed by atoms with Gasteiger partial charge in [-0.15, -0.1) is 11.3 Å². The first-order valence-corrected chi connectivity index (χ1v) is 7.11. The highest BCUT2D eigenvalue weighted by molar-refractivity contribution is 7.09. The zero-order chi connectivity index (χ0) is 13.0. The summed E-state index contributed by atoms with van der Waals surface area (Å²) in [6, 6.07) is 0. The standard InChI is InChI=1S/C13H20N4S/c1-10-7-14-13(16-10)8-17(3)6-4-5-12-11(2)15-9-18-12/h7,9H,4-6,8H2,1-3H3,(H,14,16). The molecule has 0 fully saturated rings. The first-order chi connectivity index (χ1) is 8.65. The van der Waals surface area contributed by atoms with E-state index in [-0.39, 0.29) is 0 Å². The van der Waals surface area contributed by atoms with Crippen LogP contribution >= 0.6 is 11.3 Å². The Morgan fingerprint density at radius 2 is 2.17 bits per heavy atom. The van der Waals surface area contributed by atoms with E-state index in [4.69, 9.17) is 0 Å². The monoisotopic (exact) mass is 264 g/mol. The lowest BCUT2D eigenvalue weighted by Crippen LogP contribution is -2.20. The lowest BCUT2D eigenvalue weighted by molar-refractivity contribution is 0.315. The number of hydrogen-bond acceptors (Lipinski definition) is 4. The Morgan fingerprint density at radius 3 is 2.78 bits per heavy atom. The fourth-order valence-corrected chi connectivity index (χ4v) is 2.78. The number of rotatable bonds is 6. The summed E-state index contributed by atoms with van der Waals surface area (Å²) in [6.45, 7) is 6.08. The van der Waals surface area contributed by atoms with Crippen LogP contribution in [0.2, 0.25) is 0 Å². The predicted molar refractivity (Wildman–Crippen MR) is 74.8 cm³/mol. The molecule has 0 saturated heterocycles. The van der Waals surface area contributed by atoms with Crippen LogP contribution < -0.4 is 0 Å². The number of nitrogens with zero attached hydrogens (tertiary/aromatic N) is 3. The molecular formula is C13H20N4S. The van der Waals surface area contributed by atoms with Gasteiger partial charge in [0.05, 0.1) is 17.7 Å². The van der Waals surface area contributed by atoms with Crippen molar-refractivity contribution in [2.75, 3.05) is 13.6 Å². The number of aromatic nitrogens is 3. The molecule has 0 amide bonds. The highest BCUT2D eigenvalue weighted by Gasteiger charge is 2.05. The Bertz CT molecular complexity index is 489. The van der Waals surface area contributed by atoms with Crippen LogP contribution in [0, 0.1) is 13.8 Å². The molecule has 2 rings (SSSR count). The molecule has 0 aromatic carbocycles. The van der Waals surface area contributed by atoms with Crippen LogP contribution in [-0.2, 0) is 13.0 Å². The van der Waals surface area contributed by atoms with E-state index in [0.29, 0.717) is 0 Å². The van der Waals surface area contributed by atoms with Crippen LogP contribution in [0.4, 0.5) is 0 Å². The van der Waals surface area contributed by atoms with Crippen molar-refractivity contribution < 1.29 is 0 Å². The molecule has 5 heteroatoms. The molecule has 0 aliphatic carbocycles. The average molecular weight is 264 g/mol. The van der Waals surface area contributed by atoms with Gasteiger partial charge < -0.3 is 4.98 Å². The Labute approximate surface area is 112 Å². The Hall–Kier alpha value is -1.20. The number of imidazole rings is 1. The van der Waals surface area contributed by atoms with Crippen LogP contribution in [0.5, 0.6) is 0 Å². The van der Waals surface area contributed by atoms with Gasteiger partial charge in [-0.05, 0) is 40.3 Å². The minimum Gasteiger partial charge on any atom is -0.345 e. The van der Waals surface area contributed by atoms with Gasteiger partial charge in [-0.1, -0.05) is 0 Å². The third kappa shape index (κ3) is 3.65. The van der Waals surface area contributed by atoms with Crippen LogP contribution in [0.3, 0.4) is 0 Å². The van der Waals surface area contributed by atoms with Gasteiger partial charge in [-0.25, -0.2) is 9.97 Å². The van der Waals surface area contributed by atoms with E-state index < -0.39 is 0 Å². The van der Waals surface area contributed by atoms with Gasteiger partial charge in [0, 0.05) is 16.8 Å². The summed E-state index contributed by atoms with van der Waals surface area (Å²) in [7, 11) is 2.14. The quantitative estimate of drug-likeness (QED) is 0.872. The second-order valence-electron chi connectivity index (χ2n) is 4.72. The maximum atomic E-state index is 4.32. The van der Waals surface area contributed by atoms with E-state index in [1.165, 1.54) is 17.0 Å². The van der Waals surface area contributed by atoms with E-state index in [9.17, 15) is 0 Å². The van der Waals surface area contributed by atoms with Crippen molar-refractivity contribution in [3.05, 3.63) is 33.8 Å². The zero-order valence-electron chi connectivity index (χ0n) is 11.2. The maximum absolute atomic E-state index is 4.32. The summed E-state index contributed by atoms with van der Waals surface area (Å²) in [5, 5.41) is 0. The molecule has 0 saturated carbocycles. The van der Waals surface area contributed by atoms with Crippen LogP contribution in [0.15, 0.2) is 11.7 Å². The molecular weight excluding hydrogens is 244 g/mol. The second-order valence-corrected chi connectivity index (χ2v) is 5.65. The van der Waals surface area contributed by atoms with Crippen molar-refractivity contribution in [3.8, 4) is 0 Å². The Balaban J connectivity index is 1.72. The number of aryl methyl sites for hydroxylation is 3. The SMILES string of the molecule is Cc1cnc(CN(C)CCCc2scnc2C)[nH]1. The topological polar surface area (TPSA) is 44.8 Å². The van der Waals surface area contributed by atoms with Gasteiger partial charge in [-0.2, -0.15) is 0 Å². The molecule has 0 radical (unpaired) electrons. The summed E-state index contributed by atoms with van der Waals surface area (Å²) in [6.07, 6.45) is 4.17. The highest BCUT2D eigenvalue weighted by Crippen LogP contribution is 2.14. The molecule has 0 atom stereocenters. The van der Waals surface area contributed by atoms with E-state index in [1.54, 1.807) is 11.3 Å². The van der Waals surface area contributed by atoms with E-state index in [2.05, 4.69) is 33.8 Å². The molecule has 2 heterocycles. The number of aromatic amines is 1. The largest absolute Gasteiger partial charge is 0.345 e.